The third kappa shape index (κ3) is 1.44. The predicted molar refractivity (Wildman–Crippen MR) is 32.7 cm³/mol. The molecule has 0 aliphatic heterocycles. The Morgan fingerprint density at radius 2 is 2.10 bits per heavy atom. The molecular weight excluding hydrogens is 140 g/mol. The SMILES string of the molecule is NC(C1CC1)C(F)(F)CO. The number of rotatable bonds is 3. The molecule has 3 N–H and O–H groups in total. The van der Waals surface area contributed by atoms with Gasteiger partial charge in [-0.1, -0.05) is 0 Å². The van der Waals surface area contributed by atoms with Crippen LogP contribution in [0.25, 0.3) is 0 Å². The lowest BCUT2D eigenvalue weighted by atomic mass is 10.1. The maximum Gasteiger partial charge on any atom is 0.285 e. The topological polar surface area (TPSA) is 46.2 Å². The van der Waals surface area contributed by atoms with Gasteiger partial charge in [-0.3, -0.25) is 0 Å². The lowest BCUT2D eigenvalue weighted by Crippen LogP contribution is -2.45. The van der Waals surface area contributed by atoms with Gasteiger partial charge in [0.15, 0.2) is 0 Å². The molecule has 0 aromatic heterocycles. The maximum absolute atomic E-state index is 12.5. The number of hydrogen-bond donors (Lipinski definition) is 2. The van der Waals surface area contributed by atoms with Gasteiger partial charge in [0.05, 0.1) is 6.04 Å². The van der Waals surface area contributed by atoms with Crippen LogP contribution in [0.1, 0.15) is 12.8 Å². The van der Waals surface area contributed by atoms with Crippen molar-refractivity contribution in [3.63, 3.8) is 0 Å². The average molecular weight is 151 g/mol. The van der Waals surface area contributed by atoms with E-state index in [2.05, 4.69) is 0 Å². The van der Waals surface area contributed by atoms with Crippen molar-refractivity contribution in [2.24, 2.45) is 11.7 Å². The summed E-state index contributed by atoms with van der Waals surface area (Å²) in [5.41, 5.74) is 5.16. The Morgan fingerprint density at radius 3 is 2.40 bits per heavy atom. The molecule has 4 heteroatoms. The van der Waals surface area contributed by atoms with Crippen molar-refractivity contribution in [2.75, 3.05) is 6.61 Å². The van der Waals surface area contributed by atoms with Crippen molar-refractivity contribution in [3.05, 3.63) is 0 Å². The van der Waals surface area contributed by atoms with Crippen molar-refractivity contribution in [1.82, 2.24) is 0 Å². The van der Waals surface area contributed by atoms with Crippen LogP contribution >= 0.6 is 0 Å². The van der Waals surface area contributed by atoms with Crippen LogP contribution in [0.15, 0.2) is 0 Å². The lowest BCUT2D eigenvalue weighted by Gasteiger charge is -2.20. The molecule has 1 rings (SSSR count). The van der Waals surface area contributed by atoms with Crippen LogP contribution in [0.3, 0.4) is 0 Å². The van der Waals surface area contributed by atoms with Crippen LogP contribution in [0.5, 0.6) is 0 Å². The van der Waals surface area contributed by atoms with E-state index in [1.807, 2.05) is 0 Å². The zero-order valence-corrected chi connectivity index (χ0v) is 5.56. The molecule has 1 saturated carbocycles. The fourth-order valence-electron chi connectivity index (χ4n) is 0.906. The molecule has 10 heavy (non-hydrogen) atoms. The Hall–Kier alpha value is -0.220. The summed E-state index contributed by atoms with van der Waals surface area (Å²) in [6.07, 6.45) is 1.55. The minimum atomic E-state index is -3.08. The summed E-state index contributed by atoms with van der Waals surface area (Å²) in [5, 5.41) is 8.21. The minimum absolute atomic E-state index is 0.0675. The molecule has 0 heterocycles. The highest BCUT2D eigenvalue weighted by Crippen LogP contribution is 2.37. The summed E-state index contributed by atoms with van der Waals surface area (Å²) in [4.78, 5) is 0. The Bertz CT molecular complexity index is 125. The Balaban J connectivity index is 2.43. The van der Waals surface area contributed by atoms with Crippen molar-refractivity contribution in [3.8, 4) is 0 Å². The molecular formula is C6H11F2NO. The first-order chi connectivity index (χ1) is 4.58. The van der Waals surface area contributed by atoms with Gasteiger partial charge in [-0.05, 0) is 18.8 Å². The smallest absolute Gasteiger partial charge is 0.285 e. The van der Waals surface area contributed by atoms with Crippen LogP contribution in [-0.4, -0.2) is 23.7 Å². The van der Waals surface area contributed by atoms with Crippen molar-refractivity contribution >= 4 is 0 Å². The van der Waals surface area contributed by atoms with E-state index >= 15 is 0 Å². The van der Waals surface area contributed by atoms with E-state index in [9.17, 15) is 8.78 Å². The number of hydrogen-bond acceptors (Lipinski definition) is 2. The van der Waals surface area contributed by atoms with Crippen molar-refractivity contribution in [2.45, 2.75) is 24.8 Å². The monoisotopic (exact) mass is 151 g/mol. The van der Waals surface area contributed by atoms with E-state index in [0.29, 0.717) is 0 Å². The van der Waals surface area contributed by atoms with Gasteiger partial charge < -0.3 is 10.8 Å². The van der Waals surface area contributed by atoms with Gasteiger partial charge in [0.2, 0.25) is 0 Å². The second-order valence-corrected chi connectivity index (χ2v) is 2.78. The minimum Gasteiger partial charge on any atom is -0.390 e. The van der Waals surface area contributed by atoms with Gasteiger partial charge >= 0.3 is 0 Å². The quantitative estimate of drug-likeness (QED) is 0.611. The number of aliphatic hydroxyl groups is 1. The molecule has 0 spiro atoms. The fourth-order valence-corrected chi connectivity index (χ4v) is 0.906. The van der Waals surface area contributed by atoms with Gasteiger partial charge in [-0.2, -0.15) is 0 Å². The van der Waals surface area contributed by atoms with Crippen LogP contribution in [0.4, 0.5) is 8.78 Å². The lowest BCUT2D eigenvalue weighted by molar-refractivity contribution is -0.0749. The van der Waals surface area contributed by atoms with Crippen molar-refractivity contribution < 1.29 is 13.9 Å². The average Bonchev–Trinajstić information content (AvgIpc) is 2.68. The molecule has 1 unspecified atom stereocenters. The molecule has 1 aliphatic carbocycles. The van der Waals surface area contributed by atoms with Crippen LogP contribution in [-0.2, 0) is 0 Å². The first-order valence-electron chi connectivity index (χ1n) is 3.32. The molecule has 60 valence electrons. The second kappa shape index (κ2) is 2.43. The van der Waals surface area contributed by atoms with Gasteiger partial charge in [0, 0.05) is 0 Å². The van der Waals surface area contributed by atoms with Crippen LogP contribution in [0, 0.1) is 5.92 Å². The van der Waals surface area contributed by atoms with Gasteiger partial charge in [-0.15, -0.1) is 0 Å². The molecule has 0 saturated heterocycles. The molecule has 1 aliphatic rings. The first kappa shape index (κ1) is 7.88. The Kier molecular flexibility index (Phi) is 1.92. The molecule has 2 nitrogen and oxygen atoms in total. The third-order valence-electron chi connectivity index (χ3n) is 1.83. The summed E-state index contributed by atoms with van der Waals surface area (Å²) in [6.45, 7) is -1.13. The summed E-state index contributed by atoms with van der Waals surface area (Å²) in [7, 11) is 0. The second-order valence-electron chi connectivity index (χ2n) is 2.78. The largest absolute Gasteiger partial charge is 0.390 e. The highest BCUT2D eigenvalue weighted by atomic mass is 19.3. The molecule has 0 bridgehead atoms. The number of halogens is 2. The maximum atomic E-state index is 12.5. The molecule has 0 aromatic carbocycles. The fraction of sp³-hybridized carbons (Fsp3) is 1.00. The molecule has 0 aromatic rings. The van der Waals surface area contributed by atoms with E-state index in [1.165, 1.54) is 0 Å². The first-order valence-corrected chi connectivity index (χ1v) is 3.32. The highest BCUT2D eigenvalue weighted by Gasteiger charge is 2.45. The van der Waals surface area contributed by atoms with Crippen LogP contribution < -0.4 is 5.73 Å². The van der Waals surface area contributed by atoms with Crippen LogP contribution in [0.2, 0.25) is 0 Å². The van der Waals surface area contributed by atoms with E-state index in [4.69, 9.17) is 10.8 Å². The molecule has 0 amide bonds. The summed E-state index contributed by atoms with van der Waals surface area (Å²) in [6, 6.07) is -1.14. The molecule has 0 radical (unpaired) electrons. The normalized spacial score (nSPS) is 22.8. The Morgan fingerprint density at radius 1 is 1.60 bits per heavy atom. The van der Waals surface area contributed by atoms with E-state index in [-0.39, 0.29) is 5.92 Å². The highest BCUT2D eigenvalue weighted by molar-refractivity contribution is 4.92. The summed E-state index contributed by atoms with van der Waals surface area (Å²) < 4.78 is 24.9. The Labute approximate surface area is 58.0 Å². The molecule has 1 fully saturated rings. The standard InChI is InChI=1S/C6H11F2NO/c7-6(8,3-10)5(9)4-1-2-4/h4-5,10H,1-3,9H2. The zero-order chi connectivity index (χ0) is 7.78. The van der Waals surface area contributed by atoms with Gasteiger partial charge in [-0.25, -0.2) is 8.78 Å². The summed E-state index contributed by atoms with van der Waals surface area (Å²) in [5.74, 6) is -3.15. The zero-order valence-electron chi connectivity index (χ0n) is 5.56. The van der Waals surface area contributed by atoms with Gasteiger partial charge in [0.1, 0.15) is 6.61 Å². The summed E-state index contributed by atoms with van der Waals surface area (Å²) >= 11 is 0. The van der Waals surface area contributed by atoms with E-state index in [0.717, 1.165) is 12.8 Å². The number of alkyl halides is 2. The predicted octanol–water partition coefficient (Wildman–Crippen LogP) is 0.351. The molecule has 1 atom stereocenters. The number of aliphatic hydroxyl groups excluding tert-OH is 1. The third-order valence-corrected chi connectivity index (χ3v) is 1.83. The van der Waals surface area contributed by atoms with Crippen molar-refractivity contribution in [1.29, 1.82) is 0 Å². The number of nitrogens with two attached hydrogens (primary N) is 1. The van der Waals surface area contributed by atoms with Gasteiger partial charge in [0.25, 0.3) is 5.92 Å². The van der Waals surface area contributed by atoms with E-state index in [1.54, 1.807) is 0 Å². The van der Waals surface area contributed by atoms with E-state index < -0.39 is 18.6 Å².